The van der Waals surface area contributed by atoms with Crippen LogP contribution in [0.15, 0.2) is 36.5 Å². The number of aryl methyl sites for hydroxylation is 2. The molecule has 1 N–H and O–H groups in total. The summed E-state index contributed by atoms with van der Waals surface area (Å²) in [6.07, 6.45) is 4.56. The van der Waals surface area contributed by atoms with E-state index in [0.717, 1.165) is 30.5 Å². The van der Waals surface area contributed by atoms with Gasteiger partial charge in [0.25, 0.3) is 0 Å². The minimum absolute atomic E-state index is 0.287. The van der Waals surface area contributed by atoms with Gasteiger partial charge < -0.3 is 5.11 Å². The highest BCUT2D eigenvalue weighted by Gasteiger charge is 2.28. The van der Waals surface area contributed by atoms with Gasteiger partial charge in [-0.15, -0.1) is 0 Å². The highest BCUT2D eigenvalue weighted by atomic mass is 16.3. The second kappa shape index (κ2) is 4.58. The Morgan fingerprint density at radius 3 is 2.94 bits per heavy atom. The highest BCUT2D eigenvalue weighted by Crippen LogP contribution is 2.35. The summed E-state index contributed by atoms with van der Waals surface area (Å²) in [6, 6.07) is 10.3. The van der Waals surface area contributed by atoms with Crippen LogP contribution >= 0.6 is 0 Å². The third-order valence-corrected chi connectivity index (χ3v) is 3.84. The SMILES string of the molecule is Cn1ccc(CC2CCc3ccccc3C2O)n1. The van der Waals surface area contributed by atoms with Crippen LogP contribution in [0.25, 0.3) is 0 Å². The lowest BCUT2D eigenvalue weighted by Gasteiger charge is -2.29. The van der Waals surface area contributed by atoms with E-state index in [1.54, 1.807) is 0 Å². The number of nitrogens with zero attached hydrogens (tertiary/aromatic N) is 2. The van der Waals surface area contributed by atoms with E-state index < -0.39 is 0 Å². The Hall–Kier alpha value is -1.61. The number of fused-ring (bicyclic) bond motifs is 1. The number of benzene rings is 1. The Morgan fingerprint density at radius 1 is 1.33 bits per heavy atom. The van der Waals surface area contributed by atoms with Crippen molar-refractivity contribution in [2.75, 3.05) is 0 Å². The number of hydrogen-bond donors (Lipinski definition) is 1. The van der Waals surface area contributed by atoms with Gasteiger partial charge in [-0.3, -0.25) is 4.68 Å². The van der Waals surface area contributed by atoms with Gasteiger partial charge in [-0.2, -0.15) is 5.10 Å². The van der Waals surface area contributed by atoms with Gasteiger partial charge in [0, 0.05) is 13.2 Å². The summed E-state index contributed by atoms with van der Waals surface area (Å²) >= 11 is 0. The number of aliphatic hydroxyl groups excluding tert-OH is 1. The van der Waals surface area contributed by atoms with Crippen molar-refractivity contribution in [3.05, 3.63) is 53.3 Å². The van der Waals surface area contributed by atoms with Crippen LogP contribution < -0.4 is 0 Å². The third kappa shape index (κ3) is 2.06. The minimum atomic E-state index is -0.350. The average Bonchev–Trinajstić information content (AvgIpc) is 2.79. The molecule has 94 valence electrons. The molecular formula is C15H18N2O. The van der Waals surface area contributed by atoms with Crippen LogP contribution in [0.1, 0.15) is 29.3 Å². The molecule has 1 aromatic carbocycles. The molecule has 2 atom stereocenters. The fraction of sp³-hybridized carbons (Fsp3) is 0.400. The van der Waals surface area contributed by atoms with E-state index in [1.807, 2.05) is 42.2 Å². The summed E-state index contributed by atoms with van der Waals surface area (Å²) in [5.74, 6) is 0.287. The normalized spacial score (nSPS) is 22.8. The Balaban J connectivity index is 1.80. The van der Waals surface area contributed by atoms with Crippen LogP contribution in [0.3, 0.4) is 0 Å². The van der Waals surface area contributed by atoms with Gasteiger partial charge >= 0.3 is 0 Å². The fourth-order valence-electron chi connectivity index (χ4n) is 2.86. The summed E-state index contributed by atoms with van der Waals surface area (Å²) in [5.41, 5.74) is 3.47. The first-order valence-electron chi connectivity index (χ1n) is 6.48. The molecule has 0 radical (unpaired) electrons. The third-order valence-electron chi connectivity index (χ3n) is 3.84. The molecule has 3 nitrogen and oxygen atoms in total. The average molecular weight is 242 g/mol. The van der Waals surface area contributed by atoms with E-state index in [4.69, 9.17) is 0 Å². The van der Waals surface area contributed by atoms with Gasteiger partial charge in [-0.05, 0) is 42.4 Å². The van der Waals surface area contributed by atoms with Crippen LogP contribution in [0.4, 0.5) is 0 Å². The van der Waals surface area contributed by atoms with Crippen LogP contribution in [-0.2, 0) is 19.9 Å². The first kappa shape index (κ1) is 11.5. The standard InChI is InChI=1S/C15H18N2O/c1-17-9-8-13(16-17)10-12-7-6-11-4-2-3-5-14(11)15(12)18/h2-5,8-9,12,15,18H,6-7,10H2,1H3. The van der Waals surface area contributed by atoms with Crippen molar-refractivity contribution in [1.82, 2.24) is 9.78 Å². The zero-order chi connectivity index (χ0) is 12.5. The molecule has 0 bridgehead atoms. The Morgan fingerprint density at radius 2 is 2.17 bits per heavy atom. The molecule has 1 aliphatic rings. The molecule has 2 aromatic rings. The van der Waals surface area contributed by atoms with E-state index in [9.17, 15) is 5.11 Å². The summed E-state index contributed by atoms with van der Waals surface area (Å²) in [4.78, 5) is 0. The smallest absolute Gasteiger partial charge is 0.0824 e. The largest absolute Gasteiger partial charge is 0.388 e. The molecule has 1 heterocycles. The number of aliphatic hydroxyl groups is 1. The number of hydrogen-bond acceptors (Lipinski definition) is 2. The minimum Gasteiger partial charge on any atom is -0.388 e. The molecule has 0 spiro atoms. The van der Waals surface area contributed by atoms with E-state index in [2.05, 4.69) is 11.2 Å². The molecule has 0 aliphatic heterocycles. The van der Waals surface area contributed by atoms with Crippen molar-refractivity contribution in [1.29, 1.82) is 0 Å². The van der Waals surface area contributed by atoms with E-state index in [-0.39, 0.29) is 12.0 Å². The zero-order valence-electron chi connectivity index (χ0n) is 10.6. The van der Waals surface area contributed by atoms with Crippen LogP contribution in [0, 0.1) is 5.92 Å². The van der Waals surface area contributed by atoms with E-state index >= 15 is 0 Å². The first-order valence-corrected chi connectivity index (χ1v) is 6.48. The Bertz CT molecular complexity index is 547. The molecule has 0 amide bonds. The lowest BCUT2D eigenvalue weighted by atomic mass is 9.79. The van der Waals surface area contributed by atoms with Crippen LogP contribution in [0.5, 0.6) is 0 Å². The molecular weight excluding hydrogens is 224 g/mol. The van der Waals surface area contributed by atoms with Crippen molar-refractivity contribution in [3.8, 4) is 0 Å². The lowest BCUT2D eigenvalue weighted by Crippen LogP contribution is -2.22. The van der Waals surface area contributed by atoms with Crippen LogP contribution in [-0.4, -0.2) is 14.9 Å². The van der Waals surface area contributed by atoms with Gasteiger partial charge in [0.05, 0.1) is 11.8 Å². The summed E-state index contributed by atoms with van der Waals surface area (Å²) < 4.78 is 1.82. The fourth-order valence-corrected chi connectivity index (χ4v) is 2.86. The van der Waals surface area contributed by atoms with Gasteiger partial charge in [0.15, 0.2) is 0 Å². The topological polar surface area (TPSA) is 38.0 Å². The molecule has 1 aliphatic carbocycles. The molecule has 2 unspecified atom stereocenters. The van der Waals surface area contributed by atoms with Gasteiger partial charge in [0.2, 0.25) is 0 Å². The maximum Gasteiger partial charge on any atom is 0.0824 e. The van der Waals surface area contributed by atoms with Gasteiger partial charge in [0.1, 0.15) is 0 Å². The zero-order valence-corrected chi connectivity index (χ0v) is 10.6. The Labute approximate surface area is 107 Å². The van der Waals surface area contributed by atoms with Crippen molar-refractivity contribution in [2.24, 2.45) is 13.0 Å². The number of aromatic nitrogens is 2. The van der Waals surface area contributed by atoms with Crippen molar-refractivity contribution in [3.63, 3.8) is 0 Å². The predicted octanol–water partition coefficient (Wildman–Crippen LogP) is 2.26. The first-order chi connectivity index (χ1) is 8.74. The molecule has 18 heavy (non-hydrogen) atoms. The monoisotopic (exact) mass is 242 g/mol. The van der Waals surface area contributed by atoms with Crippen molar-refractivity contribution >= 4 is 0 Å². The molecule has 0 saturated heterocycles. The van der Waals surface area contributed by atoms with Gasteiger partial charge in [-0.25, -0.2) is 0 Å². The maximum atomic E-state index is 10.5. The van der Waals surface area contributed by atoms with Crippen molar-refractivity contribution in [2.45, 2.75) is 25.4 Å². The number of rotatable bonds is 2. The maximum absolute atomic E-state index is 10.5. The van der Waals surface area contributed by atoms with E-state index in [0.29, 0.717) is 0 Å². The molecule has 3 rings (SSSR count). The second-order valence-electron chi connectivity index (χ2n) is 5.13. The second-order valence-corrected chi connectivity index (χ2v) is 5.13. The van der Waals surface area contributed by atoms with Crippen LogP contribution in [0.2, 0.25) is 0 Å². The summed E-state index contributed by atoms with van der Waals surface area (Å²) in [5, 5.41) is 14.9. The molecule has 0 saturated carbocycles. The predicted molar refractivity (Wildman–Crippen MR) is 70.1 cm³/mol. The van der Waals surface area contributed by atoms with E-state index in [1.165, 1.54) is 5.56 Å². The summed E-state index contributed by atoms with van der Waals surface area (Å²) in [6.45, 7) is 0. The lowest BCUT2D eigenvalue weighted by molar-refractivity contribution is 0.0930. The molecule has 0 fully saturated rings. The molecule has 3 heteroatoms. The van der Waals surface area contributed by atoms with Gasteiger partial charge in [-0.1, -0.05) is 24.3 Å². The summed E-state index contributed by atoms with van der Waals surface area (Å²) in [7, 11) is 1.93. The van der Waals surface area contributed by atoms with Crippen molar-refractivity contribution < 1.29 is 5.11 Å². The molecule has 1 aromatic heterocycles. The quantitative estimate of drug-likeness (QED) is 0.877. The highest BCUT2D eigenvalue weighted by molar-refractivity contribution is 5.32. The Kier molecular flexibility index (Phi) is 2.92.